The summed E-state index contributed by atoms with van der Waals surface area (Å²) in [4.78, 5) is 16.7. The Morgan fingerprint density at radius 1 is 1.11 bits per heavy atom. The van der Waals surface area contributed by atoms with Gasteiger partial charge in [0.2, 0.25) is 10.0 Å². The molecule has 0 radical (unpaired) electrons. The van der Waals surface area contributed by atoms with Gasteiger partial charge in [0.05, 0.1) is 19.7 Å². The highest BCUT2D eigenvalue weighted by Crippen LogP contribution is 2.40. The van der Waals surface area contributed by atoms with Crippen LogP contribution in [0.3, 0.4) is 0 Å². The van der Waals surface area contributed by atoms with Gasteiger partial charge >= 0.3 is 5.97 Å². The number of methoxy groups -OCH3 is 2. The largest absolute Gasteiger partial charge is 0.493 e. The molecule has 0 saturated carbocycles. The number of carbonyl (C=O) groups excluding carboxylic acids is 1. The first-order valence-corrected chi connectivity index (χ1v) is 13.1. The number of hydrogen-bond donors (Lipinski definition) is 0. The lowest BCUT2D eigenvalue weighted by Gasteiger charge is -2.20. The van der Waals surface area contributed by atoms with Crippen LogP contribution in [0.15, 0.2) is 65.0 Å². The summed E-state index contributed by atoms with van der Waals surface area (Å²) in [6, 6.07) is 15.0. The number of pyridine rings is 1. The minimum atomic E-state index is -3.99. The van der Waals surface area contributed by atoms with E-state index >= 15 is 0 Å². The summed E-state index contributed by atoms with van der Waals surface area (Å²) in [6.07, 6.45) is 1.78. The van der Waals surface area contributed by atoms with E-state index in [0.29, 0.717) is 17.1 Å². The van der Waals surface area contributed by atoms with Gasteiger partial charge in [0.15, 0.2) is 11.5 Å². The van der Waals surface area contributed by atoms with Gasteiger partial charge in [-0.2, -0.15) is 4.31 Å². The first-order valence-electron chi connectivity index (χ1n) is 10.8. The smallest absolute Gasteiger partial charge is 0.349 e. The summed E-state index contributed by atoms with van der Waals surface area (Å²) in [6.45, 7) is 0.306. The molecule has 0 bridgehead atoms. The normalized spacial score (nSPS) is 14.1. The third kappa shape index (κ3) is 4.24. The number of benzene rings is 2. The molecule has 3 heterocycles. The highest BCUT2D eigenvalue weighted by Gasteiger charge is 2.33. The van der Waals surface area contributed by atoms with Crippen LogP contribution in [0.5, 0.6) is 11.5 Å². The fourth-order valence-corrected chi connectivity index (χ4v) is 6.80. The fourth-order valence-electron chi connectivity index (χ4n) is 4.09. The van der Waals surface area contributed by atoms with E-state index in [1.807, 2.05) is 42.5 Å². The van der Waals surface area contributed by atoms with Gasteiger partial charge in [-0.1, -0.05) is 18.2 Å². The second-order valence-corrected chi connectivity index (χ2v) is 10.7. The standard InChI is InChI=1S/C25H22N2O6S2/c1-31-21-13-17(18-11-16-5-3-4-6-20(16)26-14-18)12-19-15-27(8-9-33-23(19)21)35(29,30)22-7-10-34-24(22)25(28)32-2/h3-7,10-14H,8-9,15H2,1-2H3. The predicted octanol–water partition coefficient (Wildman–Crippen LogP) is 4.34. The van der Waals surface area contributed by atoms with E-state index in [1.165, 1.54) is 17.5 Å². The van der Waals surface area contributed by atoms with Gasteiger partial charge in [-0.3, -0.25) is 4.98 Å². The second-order valence-electron chi connectivity index (χ2n) is 7.88. The van der Waals surface area contributed by atoms with Gasteiger partial charge < -0.3 is 14.2 Å². The minimum absolute atomic E-state index is 0.0476. The molecule has 5 rings (SSSR count). The number of carbonyl (C=O) groups is 1. The van der Waals surface area contributed by atoms with Crippen LogP contribution >= 0.6 is 11.3 Å². The zero-order chi connectivity index (χ0) is 24.6. The third-order valence-electron chi connectivity index (χ3n) is 5.83. The molecule has 0 fully saturated rings. The molecule has 2 aromatic carbocycles. The first kappa shape index (κ1) is 23.3. The molecule has 2 aromatic heterocycles. The summed E-state index contributed by atoms with van der Waals surface area (Å²) in [5.41, 5.74) is 3.24. The molecular formula is C25H22N2O6S2. The Bertz CT molecular complexity index is 1530. The molecule has 1 aliphatic rings. The van der Waals surface area contributed by atoms with E-state index < -0.39 is 16.0 Å². The van der Waals surface area contributed by atoms with Crippen LogP contribution in [0.2, 0.25) is 0 Å². The number of hydrogen-bond acceptors (Lipinski definition) is 8. The number of sulfonamides is 1. The molecule has 0 spiro atoms. The van der Waals surface area contributed by atoms with Crippen LogP contribution in [0.4, 0.5) is 0 Å². The Kier molecular flexibility index (Phi) is 6.18. The molecule has 0 saturated heterocycles. The van der Waals surface area contributed by atoms with Gasteiger partial charge in [0.25, 0.3) is 0 Å². The van der Waals surface area contributed by atoms with Crippen molar-refractivity contribution in [3.63, 3.8) is 0 Å². The van der Waals surface area contributed by atoms with Crippen molar-refractivity contribution in [2.75, 3.05) is 27.4 Å². The average molecular weight is 511 g/mol. The lowest BCUT2D eigenvalue weighted by atomic mass is 10.0. The van der Waals surface area contributed by atoms with Gasteiger partial charge in [-0.05, 0) is 41.3 Å². The van der Waals surface area contributed by atoms with Gasteiger partial charge in [0, 0.05) is 35.8 Å². The predicted molar refractivity (Wildman–Crippen MR) is 132 cm³/mol. The quantitative estimate of drug-likeness (QED) is 0.369. The number of para-hydroxylation sites is 1. The summed E-state index contributed by atoms with van der Waals surface area (Å²) in [7, 11) is -1.21. The molecule has 0 amide bonds. The van der Waals surface area contributed by atoms with Crippen molar-refractivity contribution in [1.82, 2.24) is 9.29 Å². The van der Waals surface area contributed by atoms with Crippen LogP contribution in [0, 0.1) is 0 Å². The number of rotatable bonds is 5. The van der Waals surface area contributed by atoms with Crippen LogP contribution < -0.4 is 9.47 Å². The SMILES string of the molecule is COC(=O)c1sccc1S(=O)(=O)N1CCOc2c(cc(-c3cnc4ccccc4c3)cc2OC)C1. The number of esters is 1. The molecule has 0 atom stereocenters. The Hall–Kier alpha value is -3.47. The fraction of sp³-hybridized carbons (Fsp3) is 0.200. The molecule has 10 heteroatoms. The lowest BCUT2D eigenvalue weighted by Crippen LogP contribution is -2.33. The van der Waals surface area contributed by atoms with Gasteiger partial charge in [-0.15, -0.1) is 11.3 Å². The zero-order valence-corrected chi connectivity index (χ0v) is 20.7. The Morgan fingerprint density at radius 2 is 1.94 bits per heavy atom. The molecule has 180 valence electrons. The number of aromatic nitrogens is 1. The zero-order valence-electron chi connectivity index (χ0n) is 19.1. The highest BCUT2D eigenvalue weighted by molar-refractivity contribution is 7.89. The number of ether oxygens (including phenoxy) is 3. The Morgan fingerprint density at radius 3 is 2.74 bits per heavy atom. The van der Waals surface area contributed by atoms with Crippen LogP contribution in [0.25, 0.3) is 22.0 Å². The second kappa shape index (κ2) is 9.29. The monoisotopic (exact) mass is 510 g/mol. The van der Waals surface area contributed by atoms with Gasteiger partial charge in [-0.25, -0.2) is 13.2 Å². The summed E-state index contributed by atoms with van der Waals surface area (Å²) in [5, 5.41) is 2.56. The Labute approximate surface area is 206 Å². The van der Waals surface area contributed by atoms with Crippen LogP contribution in [-0.4, -0.2) is 51.0 Å². The van der Waals surface area contributed by atoms with Crippen LogP contribution in [0.1, 0.15) is 15.2 Å². The molecule has 4 aromatic rings. The summed E-state index contributed by atoms with van der Waals surface area (Å²) < 4.78 is 44.7. The molecule has 0 unspecified atom stereocenters. The van der Waals surface area contributed by atoms with Crippen molar-refractivity contribution in [2.24, 2.45) is 0 Å². The molecule has 1 aliphatic heterocycles. The maximum atomic E-state index is 13.5. The highest BCUT2D eigenvalue weighted by atomic mass is 32.2. The summed E-state index contributed by atoms with van der Waals surface area (Å²) in [5.74, 6) is 0.328. The van der Waals surface area contributed by atoms with E-state index in [-0.39, 0.29) is 29.5 Å². The van der Waals surface area contributed by atoms with Crippen molar-refractivity contribution >= 4 is 38.2 Å². The Balaban J connectivity index is 1.56. The molecule has 0 N–H and O–H groups in total. The minimum Gasteiger partial charge on any atom is -0.493 e. The topological polar surface area (TPSA) is 95.0 Å². The van der Waals surface area contributed by atoms with Crippen molar-refractivity contribution in [3.05, 3.63) is 70.5 Å². The van der Waals surface area contributed by atoms with Crippen molar-refractivity contribution < 1.29 is 27.4 Å². The van der Waals surface area contributed by atoms with Gasteiger partial charge in [0.1, 0.15) is 16.4 Å². The lowest BCUT2D eigenvalue weighted by molar-refractivity contribution is 0.0602. The third-order valence-corrected chi connectivity index (χ3v) is 8.74. The number of nitrogens with zero attached hydrogens (tertiary/aromatic N) is 2. The molecule has 8 nitrogen and oxygen atoms in total. The van der Waals surface area contributed by atoms with E-state index in [4.69, 9.17) is 14.2 Å². The maximum absolute atomic E-state index is 13.5. The van der Waals surface area contributed by atoms with E-state index in [0.717, 1.165) is 33.4 Å². The van der Waals surface area contributed by atoms with Crippen LogP contribution in [-0.2, 0) is 21.3 Å². The maximum Gasteiger partial charge on any atom is 0.349 e. The van der Waals surface area contributed by atoms with E-state index in [1.54, 1.807) is 18.7 Å². The van der Waals surface area contributed by atoms with Crippen molar-refractivity contribution in [2.45, 2.75) is 11.4 Å². The molecular weight excluding hydrogens is 488 g/mol. The van der Waals surface area contributed by atoms with Crippen molar-refractivity contribution in [1.29, 1.82) is 0 Å². The van der Waals surface area contributed by atoms with E-state index in [2.05, 4.69) is 4.98 Å². The molecule has 0 aliphatic carbocycles. The van der Waals surface area contributed by atoms with E-state index in [9.17, 15) is 13.2 Å². The number of thiophene rings is 1. The summed E-state index contributed by atoms with van der Waals surface area (Å²) >= 11 is 1.03. The number of fused-ring (bicyclic) bond motifs is 2. The molecule has 35 heavy (non-hydrogen) atoms. The average Bonchev–Trinajstić information content (AvgIpc) is 3.28. The van der Waals surface area contributed by atoms with Crippen molar-refractivity contribution in [3.8, 4) is 22.6 Å². The first-order chi connectivity index (χ1) is 16.9.